The van der Waals surface area contributed by atoms with Crippen LogP contribution in [0, 0.1) is 29.6 Å². The van der Waals surface area contributed by atoms with E-state index in [2.05, 4.69) is 22.1 Å². The van der Waals surface area contributed by atoms with Crippen LogP contribution in [0.2, 0.25) is 0 Å². The first-order valence-electron chi connectivity index (χ1n) is 7.02. The highest BCUT2D eigenvalue weighted by molar-refractivity contribution is 6.08. The second-order valence-electron chi connectivity index (χ2n) is 5.29. The molecule has 0 radical (unpaired) electrons. The number of fused-ring (bicyclic) bond motifs is 1. The SMILES string of the molecule is CC1=C(C#N)c2nc(N)c(C#N)c(C)c2/C1=C/c1cccnc1. The van der Waals surface area contributed by atoms with Crippen LogP contribution < -0.4 is 5.73 Å². The number of hydrogen-bond donors (Lipinski definition) is 1. The molecular weight excluding hydrogens is 286 g/mol. The van der Waals surface area contributed by atoms with E-state index in [-0.39, 0.29) is 5.82 Å². The molecule has 0 saturated heterocycles. The summed E-state index contributed by atoms with van der Waals surface area (Å²) in [7, 11) is 0. The molecule has 0 bridgehead atoms. The van der Waals surface area contributed by atoms with E-state index in [1.54, 1.807) is 12.4 Å². The molecule has 0 aromatic carbocycles. The van der Waals surface area contributed by atoms with E-state index >= 15 is 0 Å². The van der Waals surface area contributed by atoms with Crippen LogP contribution in [-0.4, -0.2) is 9.97 Å². The molecule has 110 valence electrons. The molecule has 0 aliphatic heterocycles. The maximum absolute atomic E-state index is 9.48. The molecule has 5 nitrogen and oxygen atoms in total. The van der Waals surface area contributed by atoms with Crippen molar-refractivity contribution in [3.63, 3.8) is 0 Å². The number of rotatable bonds is 1. The van der Waals surface area contributed by atoms with Crippen molar-refractivity contribution >= 4 is 23.0 Å². The fourth-order valence-corrected chi connectivity index (χ4v) is 2.82. The molecule has 2 aromatic rings. The molecular formula is C18H13N5. The highest BCUT2D eigenvalue weighted by Gasteiger charge is 2.29. The van der Waals surface area contributed by atoms with Gasteiger partial charge in [-0.05, 0) is 48.3 Å². The number of nitriles is 2. The summed E-state index contributed by atoms with van der Waals surface area (Å²) in [6.45, 7) is 3.71. The molecule has 1 aliphatic carbocycles. The molecule has 0 spiro atoms. The zero-order chi connectivity index (χ0) is 16.6. The molecule has 23 heavy (non-hydrogen) atoms. The van der Waals surface area contributed by atoms with Crippen LogP contribution in [-0.2, 0) is 0 Å². The van der Waals surface area contributed by atoms with E-state index in [1.165, 1.54) is 0 Å². The molecule has 2 heterocycles. The maximum Gasteiger partial charge on any atom is 0.142 e. The lowest BCUT2D eigenvalue weighted by Gasteiger charge is -2.10. The number of nitrogens with two attached hydrogens (primary N) is 1. The minimum Gasteiger partial charge on any atom is -0.383 e. The molecule has 0 atom stereocenters. The van der Waals surface area contributed by atoms with Crippen molar-refractivity contribution in [3.05, 3.63) is 58.0 Å². The summed E-state index contributed by atoms with van der Waals surface area (Å²) in [5, 5.41) is 18.8. The Bertz CT molecular complexity index is 954. The van der Waals surface area contributed by atoms with Crippen LogP contribution in [0.3, 0.4) is 0 Å². The summed E-state index contributed by atoms with van der Waals surface area (Å²) in [6.07, 6.45) is 5.41. The van der Waals surface area contributed by atoms with Crippen LogP contribution >= 0.6 is 0 Å². The molecule has 1 aliphatic rings. The molecule has 0 unspecified atom stereocenters. The Labute approximate surface area is 134 Å². The lowest BCUT2D eigenvalue weighted by Crippen LogP contribution is -2.03. The van der Waals surface area contributed by atoms with Gasteiger partial charge in [-0.15, -0.1) is 0 Å². The molecule has 0 amide bonds. The normalized spacial score (nSPS) is 14.5. The Hall–Kier alpha value is -3.44. The highest BCUT2D eigenvalue weighted by Crippen LogP contribution is 2.43. The standard InChI is InChI=1S/C18H13N5/c1-10-13(6-12-4-3-5-22-9-12)16-11(2)15(8-20)18(21)23-17(16)14(10)7-19/h3-6,9H,1-2H3,(H2,21,23)/b13-6+. The van der Waals surface area contributed by atoms with Crippen LogP contribution in [0.5, 0.6) is 0 Å². The fraction of sp³-hybridized carbons (Fsp3) is 0.111. The van der Waals surface area contributed by atoms with Crippen LogP contribution in [0.25, 0.3) is 17.2 Å². The Morgan fingerprint density at radius 2 is 2.00 bits per heavy atom. The topological polar surface area (TPSA) is 99.4 Å². The lowest BCUT2D eigenvalue weighted by atomic mass is 9.96. The van der Waals surface area contributed by atoms with Gasteiger partial charge in [-0.3, -0.25) is 4.98 Å². The van der Waals surface area contributed by atoms with Gasteiger partial charge in [0, 0.05) is 18.0 Å². The van der Waals surface area contributed by atoms with E-state index < -0.39 is 0 Å². The monoisotopic (exact) mass is 299 g/mol. The average Bonchev–Trinajstić information content (AvgIpc) is 2.80. The first kappa shape index (κ1) is 14.5. The van der Waals surface area contributed by atoms with Gasteiger partial charge < -0.3 is 5.73 Å². The third-order valence-corrected chi connectivity index (χ3v) is 3.98. The Morgan fingerprint density at radius 1 is 1.22 bits per heavy atom. The van der Waals surface area contributed by atoms with Crippen LogP contribution in [0.15, 0.2) is 30.1 Å². The minimum absolute atomic E-state index is 0.159. The second kappa shape index (κ2) is 5.40. The van der Waals surface area contributed by atoms with E-state index in [1.807, 2.05) is 32.1 Å². The van der Waals surface area contributed by atoms with Crippen molar-refractivity contribution in [2.45, 2.75) is 13.8 Å². The third kappa shape index (κ3) is 2.16. The quantitative estimate of drug-likeness (QED) is 0.872. The zero-order valence-electron chi connectivity index (χ0n) is 12.8. The first-order valence-corrected chi connectivity index (χ1v) is 7.02. The second-order valence-corrected chi connectivity index (χ2v) is 5.29. The summed E-state index contributed by atoms with van der Waals surface area (Å²) in [6, 6.07) is 8.08. The van der Waals surface area contributed by atoms with Gasteiger partial charge >= 0.3 is 0 Å². The molecule has 0 saturated carbocycles. The van der Waals surface area contributed by atoms with Crippen LogP contribution in [0.1, 0.15) is 34.9 Å². The summed E-state index contributed by atoms with van der Waals surface area (Å²) >= 11 is 0. The molecule has 2 N–H and O–H groups in total. The maximum atomic E-state index is 9.48. The molecule has 0 fully saturated rings. The van der Waals surface area contributed by atoms with Gasteiger partial charge in [0.05, 0.1) is 16.8 Å². The number of allylic oxidation sites excluding steroid dienone is 3. The van der Waals surface area contributed by atoms with E-state index in [0.717, 1.165) is 27.8 Å². The summed E-state index contributed by atoms with van der Waals surface area (Å²) < 4.78 is 0. The van der Waals surface area contributed by atoms with E-state index in [0.29, 0.717) is 16.8 Å². The highest BCUT2D eigenvalue weighted by atomic mass is 14.9. The number of aromatic nitrogens is 2. The van der Waals surface area contributed by atoms with Gasteiger partial charge in [0.1, 0.15) is 18.0 Å². The van der Waals surface area contributed by atoms with Crippen molar-refractivity contribution in [2.75, 3.05) is 5.73 Å². The van der Waals surface area contributed by atoms with Gasteiger partial charge in [0.2, 0.25) is 0 Å². The molecule has 3 rings (SSSR count). The lowest BCUT2D eigenvalue weighted by molar-refractivity contribution is 1.22. The predicted octanol–water partition coefficient (Wildman–Crippen LogP) is 3.09. The van der Waals surface area contributed by atoms with Crippen molar-refractivity contribution < 1.29 is 0 Å². The minimum atomic E-state index is 0.159. The number of anilines is 1. The number of hydrogen-bond acceptors (Lipinski definition) is 5. The molecule has 2 aromatic heterocycles. The van der Waals surface area contributed by atoms with Crippen molar-refractivity contribution in [1.29, 1.82) is 10.5 Å². The third-order valence-electron chi connectivity index (χ3n) is 3.98. The largest absolute Gasteiger partial charge is 0.383 e. The molecule has 5 heteroatoms. The Balaban J connectivity index is 2.35. The fourth-order valence-electron chi connectivity index (χ4n) is 2.82. The Kier molecular flexibility index (Phi) is 3.40. The van der Waals surface area contributed by atoms with Gasteiger partial charge in [-0.2, -0.15) is 10.5 Å². The van der Waals surface area contributed by atoms with Gasteiger partial charge in [0.15, 0.2) is 0 Å². The van der Waals surface area contributed by atoms with E-state index in [9.17, 15) is 10.5 Å². The smallest absolute Gasteiger partial charge is 0.142 e. The van der Waals surface area contributed by atoms with Crippen LogP contribution in [0.4, 0.5) is 5.82 Å². The summed E-state index contributed by atoms with van der Waals surface area (Å²) in [5.74, 6) is 0.159. The summed E-state index contributed by atoms with van der Waals surface area (Å²) in [5.41, 5.74) is 11.4. The average molecular weight is 299 g/mol. The number of pyridine rings is 2. The Morgan fingerprint density at radius 3 is 2.61 bits per heavy atom. The van der Waals surface area contributed by atoms with Crippen molar-refractivity contribution in [3.8, 4) is 12.1 Å². The van der Waals surface area contributed by atoms with Crippen molar-refractivity contribution in [1.82, 2.24) is 9.97 Å². The number of nitrogens with zero attached hydrogens (tertiary/aromatic N) is 4. The van der Waals surface area contributed by atoms with Crippen molar-refractivity contribution in [2.24, 2.45) is 0 Å². The predicted molar refractivity (Wildman–Crippen MR) is 88.4 cm³/mol. The van der Waals surface area contributed by atoms with E-state index in [4.69, 9.17) is 5.73 Å². The summed E-state index contributed by atoms with van der Waals surface area (Å²) in [4.78, 5) is 8.40. The first-order chi connectivity index (χ1) is 11.1. The van der Waals surface area contributed by atoms with Gasteiger partial charge in [-0.25, -0.2) is 4.98 Å². The van der Waals surface area contributed by atoms with Gasteiger partial charge in [0.25, 0.3) is 0 Å². The van der Waals surface area contributed by atoms with Gasteiger partial charge in [-0.1, -0.05) is 6.07 Å². The zero-order valence-corrected chi connectivity index (χ0v) is 12.8. The number of nitrogen functional groups attached to an aromatic ring is 1.